The van der Waals surface area contributed by atoms with Crippen LogP contribution in [0.5, 0.6) is 5.75 Å². The van der Waals surface area contributed by atoms with Crippen LogP contribution in [0.15, 0.2) is 64.5 Å². The maximum absolute atomic E-state index is 14.4. The molecule has 3 aromatic carbocycles. The molecule has 4 amide bonds. The number of hydrogen-bond donors (Lipinski definition) is 6. The number of aliphatic carboxylic acids is 1. The molecule has 2 aliphatic rings. The fraction of sp³-hybridized carbons (Fsp3) is 0.510. The maximum atomic E-state index is 14.4. The first kappa shape index (κ1) is 52.8. The van der Waals surface area contributed by atoms with Crippen molar-refractivity contribution in [2.24, 2.45) is 16.6 Å². The lowest BCUT2D eigenvalue weighted by Crippen LogP contribution is -2.59. The lowest BCUT2D eigenvalue weighted by molar-refractivity contribution is -0.146. The number of likely N-dealkylation sites (tertiary alicyclic amines) is 1. The van der Waals surface area contributed by atoms with E-state index in [-0.39, 0.29) is 68.7 Å². The van der Waals surface area contributed by atoms with Crippen molar-refractivity contribution >= 4 is 45.8 Å². The van der Waals surface area contributed by atoms with Crippen molar-refractivity contribution in [3.05, 3.63) is 82.4 Å². The number of nitrogens with one attached hydrogen (secondary N) is 4. The number of guanidine groups is 1. The van der Waals surface area contributed by atoms with Gasteiger partial charge >= 0.3 is 12.1 Å². The molecular weight excluding hydrogens is 895 g/mol. The summed E-state index contributed by atoms with van der Waals surface area (Å²) in [5, 5.41) is 17.8. The van der Waals surface area contributed by atoms with Crippen LogP contribution in [0.25, 0.3) is 11.1 Å². The number of methoxy groups -OCH3 is 1. The number of carbonyl (C=O) groups excluding carboxylic acids is 4. The number of benzene rings is 3. The van der Waals surface area contributed by atoms with E-state index in [4.69, 9.17) is 19.9 Å². The predicted octanol–water partition coefficient (Wildman–Crippen LogP) is 4.81. The number of aliphatic imine (C=N–C) groups is 1. The van der Waals surface area contributed by atoms with E-state index < -0.39 is 75.5 Å². The van der Waals surface area contributed by atoms with Gasteiger partial charge in [-0.2, -0.15) is 0 Å². The number of carboxylic acids is 1. The van der Waals surface area contributed by atoms with Crippen molar-refractivity contribution in [3.63, 3.8) is 0 Å². The fourth-order valence-electron chi connectivity index (χ4n) is 8.66. The van der Waals surface area contributed by atoms with E-state index in [1.807, 2.05) is 62.4 Å². The number of rotatable bonds is 20. The van der Waals surface area contributed by atoms with Crippen LogP contribution in [-0.4, -0.2) is 117 Å². The SMILES string of the molecule is COc1cc(C)c(S(=O)(=O)NC(N)=NCCCC(NC(=O)OCC2c3ccccc3-c3ccccc32)C(=O)NC(COC(C)(C)C)C(=O)N2CCCC2C(=O)NC(CC(C)C)C(=O)O)c(C)c1C. The molecule has 0 bridgehead atoms. The summed E-state index contributed by atoms with van der Waals surface area (Å²) in [7, 11) is -2.67. The van der Waals surface area contributed by atoms with Crippen molar-refractivity contribution in [3.8, 4) is 16.9 Å². The van der Waals surface area contributed by atoms with Gasteiger partial charge in [0, 0.05) is 19.0 Å². The first-order valence-electron chi connectivity index (χ1n) is 22.9. The molecule has 1 fully saturated rings. The highest BCUT2D eigenvalue weighted by Gasteiger charge is 2.40. The third kappa shape index (κ3) is 13.3. The third-order valence-corrected chi connectivity index (χ3v) is 13.7. The zero-order chi connectivity index (χ0) is 50.1. The average Bonchev–Trinajstić information content (AvgIpc) is 3.89. The number of amides is 4. The minimum Gasteiger partial charge on any atom is -0.496 e. The minimum absolute atomic E-state index is 0.0260. The summed E-state index contributed by atoms with van der Waals surface area (Å²) in [6.45, 7) is 13.8. The van der Waals surface area contributed by atoms with Crippen molar-refractivity contribution in [2.75, 3.05) is 33.4 Å². The van der Waals surface area contributed by atoms with Crippen LogP contribution in [0.3, 0.4) is 0 Å². The molecule has 370 valence electrons. The average molecular weight is 962 g/mol. The second-order valence-electron chi connectivity index (χ2n) is 18.7. The molecule has 5 rings (SSSR count). The lowest BCUT2D eigenvalue weighted by Gasteiger charge is -2.32. The smallest absolute Gasteiger partial charge is 0.407 e. The molecule has 68 heavy (non-hydrogen) atoms. The molecular formula is C49H67N7O11S. The quantitative estimate of drug-likeness (QED) is 0.0507. The monoisotopic (exact) mass is 961 g/mol. The number of hydrogen-bond acceptors (Lipinski definition) is 11. The van der Waals surface area contributed by atoms with Gasteiger partial charge < -0.3 is 45.9 Å². The highest BCUT2D eigenvalue weighted by Crippen LogP contribution is 2.44. The van der Waals surface area contributed by atoms with Gasteiger partial charge in [0.2, 0.25) is 23.7 Å². The van der Waals surface area contributed by atoms with Crippen LogP contribution in [0.2, 0.25) is 0 Å². The van der Waals surface area contributed by atoms with E-state index in [1.165, 1.54) is 12.0 Å². The van der Waals surface area contributed by atoms with Gasteiger partial charge in [-0.05, 0) is 125 Å². The first-order valence-corrected chi connectivity index (χ1v) is 24.4. The molecule has 0 saturated carbocycles. The van der Waals surface area contributed by atoms with Crippen LogP contribution in [0, 0.1) is 26.7 Å². The van der Waals surface area contributed by atoms with Gasteiger partial charge in [0.25, 0.3) is 10.0 Å². The molecule has 18 nitrogen and oxygen atoms in total. The Kier molecular flexibility index (Phi) is 17.6. The van der Waals surface area contributed by atoms with Gasteiger partial charge in [-0.25, -0.2) is 22.7 Å². The Hall–Kier alpha value is -6.21. The Bertz CT molecular complexity index is 2440. The molecule has 0 spiro atoms. The molecule has 0 aromatic heterocycles. The second kappa shape index (κ2) is 22.7. The Morgan fingerprint density at radius 3 is 2.13 bits per heavy atom. The molecule has 3 aromatic rings. The highest BCUT2D eigenvalue weighted by atomic mass is 32.2. The van der Waals surface area contributed by atoms with E-state index in [9.17, 15) is 37.5 Å². The molecule has 19 heteroatoms. The number of sulfonamides is 1. The molecule has 1 aliphatic heterocycles. The lowest BCUT2D eigenvalue weighted by atomic mass is 9.98. The van der Waals surface area contributed by atoms with E-state index >= 15 is 0 Å². The minimum atomic E-state index is -4.17. The van der Waals surface area contributed by atoms with Gasteiger partial charge in [-0.15, -0.1) is 0 Å². The molecule has 1 heterocycles. The van der Waals surface area contributed by atoms with Gasteiger partial charge in [-0.3, -0.25) is 19.4 Å². The summed E-state index contributed by atoms with van der Waals surface area (Å²) in [4.78, 5) is 73.5. The summed E-state index contributed by atoms with van der Waals surface area (Å²) in [6, 6.07) is 12.5. The predicted molar refractivity (Wildman–Crippen MR) is 257 cm³/mol. The van der Waals surface area contributed by atoms with Crippen LogP contribution >= 0.6 is 0 Å². The zero-order valence-electron chi connectivity index (χ0n) is 40.4. The number of alkyl carbamates (subject to hydrolysis) is 1. The molecule has 7 N–H and O–H groups in total. The summed E-state index contributed by atoms with van der Waals surface area (Å²) < 4.78 is 46.5. The zero-order valence-corrected chi connectivity index (χ0v) is 41.3. The van der Waals surface area contributed by atoms with Crippen LogP contribution in [0.1, 0.15) is 100 Å². The number of carbonyl (C=O) groups is 5. The summed E-state index contributed by atoms with van der Waals surface area (Å²) in [5.74, 6) is -3.35. The fourth-order valence-corrected chi connectivity index (χ4v) is 10.1. The number of ether oxygens (including phenoxy) is 3. The number of carboxylic acid groups (broad SMARTS) is 1. The number of nitrogens with two attached hydrogens (primary N) is 1. The van der Waals surface area contributed by atoms with Crippen molar-refractivity contribution in [1.82, 2.24) is 25.6 Å². The van der Waals surface area contributed by atoms with Gasteiger partial charge in [0.15, 0.2) is 0 Å². The summed E-state index contributed by atoms with van der Waals surface area (Å²) >= 11 is 0. The summed E-state index contributed by atoms with van der Waals surface area (Å²) in [6.07, 6.45) is 0.0688. The first-order chi connectivity index (χ1) is 32.0. The molecule has 4 atom stereocenters. The van der Waals surface area contributed by atoms with E-state index in [1.54, 1.807) is 47.6 Å². The van der Waals surface area contributed by atoms with Crippen LogP contribution in [-0.2, 0) is 38.7 Å². The normalized spacial score (nSPS) is 16.3. The van der Waals surface area contributed by atoms with Crippen LogP contribution in [0.4, 0.5) is 4.79 Å². The van der Waals surface area contributed by atoms with Crippen molar-refractivity contribution < 1.29 is 51.7 Å². The van der Waals surface area contributed by atoms with Crippen molar-refractivity contribution in [2.45, 2.75) is 128 Å². The Morgan fingerprint density at radius 2 is 1.54 bits per heavy atom. The second-order valence-corrected chi connectivity index (χ2v) is 20.3. The van der Waals surface area contributed by atoms with Gasteiger partial charge in [0.1, 0.15) is 36.5 Å². The maximum Gasteiger partial charge on any atom is 0.407 e. The standard InChI is InChI=1S/C49H67N7O11S/c1-28(2)24-38(46(60)61)52-44(58)40-21-15-23-56(40)45(59)39(27-67-49(6,7)8)53-43(57)37(54-48(62)66-26-36-34-18-12-10-16-32(34)33-17-11-13-19-35(33)36)20-14-22-51-47(50)55-68(63,64)42-29(3)25-41(65-9)30(4)31(42)5/h10-13,16-19,25,28,36-40H,14-15,20-24,26-27H2,1-9H3,(H,52,58)(H,53,57)(H,54,62)(H,60,61)(H3,50,51,55). The molecule has 0 radical (unpaired) electrons. The Morgan fingerprint density at radius 1 is 0.912 bits per heavy atom. The largest absolute Gasteiger partial charge is 0.496 e. The third-order valence-electron chi connectivity index (χ3n) is 12.0. The van der Waals surface area contributed by atoms with E-state index in [2.05, 4.69) is 25.7 Å². The number of nitrogens with zero attached hydrogens (tertiary/aromatic N) is 2. The Labute approximate surface area is 399 Å². The van der Waals surface area contributed by atoms with Crippen molar-refractivity contribution in [1.29, 1.82) is 0 Å². The topological polar surface area (TPSA) is 257 Å². The van der Waals surface area contributed by atoms with Gasteiger partial charge in [0.05, 0.1) is 24.2 Å². The van der Waals surface area contributed by atoms with E-state index in [0.29, 0.717) is 28.9 Å². The molecule has 4 unspecified atom stereocenters. The van der Waals surface area contributed by atoms with Gasteiger partial charge in [-0.1, -0.05) is 62.4 Å². The number of aryl methyl sites for hydroxylation is 1. The Balaban J connectivity index is 1.35. The summed E-state index contributed by atoms with van der Waals surface area (Å²) in [5.41, 5.74) is 11.0. The molecule has 1 saturated heterocycles. The number of fused-ring (bicyclic) bond motifs is 3. The van der Waals surface area contributed by atoms with Crippen LogP contribution < -0.4 is 31.1 Å². The highest BCUT2D eigenvalue weighted by molar-refractivity contribution is 7.90. The molecule has 1 aliphatic carbocycles. The van der Waals surface area contributed by atoms with E-state index in [0.717, 1.165) is 22.3 Å².